The van der Waals surface area contributed by atoms with Gasteiger partial charge >= 0.3 is 0 Å². The van der Waals surface area contributed by atoms with E-state index in [1.165, 1.54) is 18.5 Å². The maximum atomic E-state index is 11.0. The number of rotatable bonds is 3. The Morgan fingerprint density at radius 1 is 1.12 bits per heavy atom. The molecule has 6 nitrogen and oxygen atoms in total. The lowest BCUT2D eigenvalue weighted by Crippen LogP contribution is -2.11. The third kappa shape index (κ3) is 2.99. The van der Waals surface area contributed by atoms with Crippen LogP contribution < -0.4 is 10.5 Å². The van der Waals surface area contributed by atoms with E-state index in [1.54, 1.807) is 24.4 Å². The molecule has 0 spiro atoms. The minimum atomic E-state index is -3.65. The lowest BCUT2D eigenvalue weighted by molar-refractivity contribution is 0.598. The van der Waals surface area contributed by atoms with Crippen molar-refractivity contribution in [3.8, 4) is 0 Å². The molecule has 88 valence electrons. The number of anilines is 2. The van der Waals surface area contributed by atoms with E-state index in [0.717, 1.165) is 5.69 Å². The number of hydrogen-bond donors (Lipinski definition) is 2. The summed E-state index contributed by atoms with van der Waals surface area (Å²) in [7, 11) is -3.65. The van der Waals surface area contributed by atoms with Crippen LogP contribution >= 0.6 is 0 Å². The summed E-state index contributed by atoms with van der Waals surface area (Å²) in [5, 5.41) is 7.99. The van der Waals surface area contributed by atoms with Crippen LogP contribution in [0.15, 0.2) is 47.8 Å². The van der Waals surface area contributed by atoms with Crippen LogP contribution in [0, 0.1) is 0 Å². The van der Waals surface area contributed by atoms with Gasteiger partial charge in [-0.1, -0.05) is 0 Å². The fraction of sp³-hybridized carbons (Fsp3) is 0. The molecule has 0 aliphatic rings. The SMILES string of the molecule is NS(=O)(=O)c1ccc(Nc2ccncn2)cc1. The van der Waals surface area contributed by atoms with Gasteiger partial charge in [0, 0.05) is 11.9 Å². The number of hydrogen-bond acceptors (Lipinski definition) is 5. The lowest BCUT2D eigenvalue weighted by Gasteiger charge is -2.05. The third-order valence-electron chi connectivity index (χ3n) is 2.04. The van der Waals surface area contributed by atoms with Crippen LogP contribution in [0.25, 0.3) is 0 Å². The van der Waals surface area contributed by atoms with Gasteiger partial charge in [-0.25, -0.2) is 23.5 Å². The van der Waals surface area contributed by atoms with Gasteiger partial charge in [-0.3, -0.25) is 0 Å². The Morgan fingerprint density at radius 2 is 1.82 bits per heavy atom. The molecule has 0 atom stereocenters. The van der Waals surface area contributed by atoms with Gasteiger partial charge in [-0.2, -0.15) is 0 Å². The average molecular weight is 250 g/mol. The van der Waals surface area contributed by atoms with Crippen molar-refractivity contribution >= 4 is 21.5 Å². The topological polar surface area (TPSA) is 98.0 Å². The molecule has 2 rings (SSSR count). The molecule has 0 amide bonds. The van der Waals surface area contributed by atoms with E-state index in [9.17, 15) is 8.42 Å². The fourth-order valence-electron chi connectivity index (χ4n) is 1.24. The van der Waals surface area contributed by atoms with Crippen molar-refractivity contribution in [2.75, 3.05) is 5.32 Å². The lowest BCUT2D eigenvalue weighted by atomic mass is 10.3. The van der Waals surface area contributed by atoms with Gasteiger partial charge in [0.2, 0.25) is 10.0 Å². The van der Waals surface area contributed by atoms with Gasteiger partial charge in [-0.15, -0.1) is 0 Å². The summed E-state index contributed by atoms with van der Waals surface area (Å²) in [6, 6.07) is 7.79. The Hall–Kier alpha value is -1.99. The van der Waals surface area contributed by atoms with Gasteiger partial charge < -0.3 is 5.32 Å². The molecule has 1 aromatic carbocycles. The zero-order chi connectivity index (χ0) is 12.3. The zero-order valence-corrected chi connectivity index (χ0v) is 9.55. The number of primary sulfonamides is 1. The normalized spacial score (nSPS) is 11.1. The minimum absolute atomic E-state index is 0.0748. The molecule has 0 radical (unpaired) electrons. The molecule has 0 aliphatic heterocycles. The Kier molecular flexibility index (Phi) is 3.03. The first kappa shape index (κ1) is 11.5. The highest BCUT2D eigenvalue weighted by atomic mass is 32.2. The number of nitrogens with two attached hydrogens (primary N) is 1. The largest absolute Gasteiger partial charge is 0.340 e. The van der Waals surface area contributed by atoms with Crippen LogP contribution in [0.3, 0.4) is 0 Å². The number of nitrogens with one attached hydrogen (secondary N) is 1. The first-order valence-electron chi connectivity index (χ1n) is 4.71. The molecule has 3 N–H and O–H groups in total. The van der Waals surface area contributed by atoms with Crippen molar-refractivity contribution in [3.63, 3.8) is 0 Å². The molecular weight excluding hydrogens is 240 g/mol. The molecule has 0 saturated carbocycles. The number of benzene rings is 1. The van der Waals surface area contributed by atoms with E-state index < -0.39 is 10.0 Å². The van der Waals surface area contributed by atoms with Crippen molar-refractivity contribution in [2.45, 2.75) is 4.90 Å². The zero-order valence-electron chi connectivity index (χ0n) is 8.74. The molecule has 1 heterocycles. The molecule has 2 aromatic rings. The summed E-state index contributed by atoms with van der Waals surface area (Å²) in [6.45, 7) is 0. The minimum Gasteiger partial charge on any atom is -0.340 e. The predicted molar refractivity (Wildman–Crippen MR) is 63.1 cm³/mol. The molecular formula is C10H10N4O2S. The fourth-order valence-corrected chi connectivity index (χ4v) is 1.76. The van der Waals surface area contributed by atoms with E-state index in [1.807, 2.05) is 0 Å². The highest BCUT2D eigenvalue weighted by Gasteiger charge is 2.06. The van der Waals surface area contributed by atoms with E-state index in [2.05, 4.69) is 15.3 Å². The second kappa shape index (κ2) is 4.48. The molecule has 7 heteroatoms. The van der Waals surface area contributed by atoms with Crippen LogP contribution in [-0.4, -0.2) is 18.4 Å². The standard InChI is InChI=1S/C10H10N4O2S/c11-17(15,16)9-3-1-8(2-4-9)14-10-5-6-12-7-13-10/h1-7H,(H2,11,15,16)(H,12,13,14). The highest BCUT2D eigenvalue weighted by molar-refractivity contribution is 7.89. The van der Waals surface area contributed by atoms with E-state index in [0.29, 0.717) is 5.82 Å². The van der Waals surface area contributed by atoms with Crippen molar-refractivity contribution in [1.29, 1.82) is 0 Å². The summed E-state index contributed by atoms with van der Waals surface area (Å²) in [5.41, 5.74) is 0.719. The first-order chi connectivity index (χ1) is 8.05. The summed E-state index contributed by atoms with van der Waals surface area (Å²) >= 11 is 0. The molecule has 0 fully saturated rings. The van der Waals surface area contributed by atoms with Crippen molar-refractivity contribution < 1.29 is 8.42 Å². The maximum Gasteiger partial charge on any atom is 0.238 e. The summed E-state index contributed by atoms with van der Waals surface area (Å²) < 4.78 is 22.1. The number of sulfonamides is 1. The second-order valence-corrected chi connectivity index (χ2v) is 4.85. The Labute approximate surface area is 98.6 Å². The van der Waals surface area contributed by atoms with Crippen LogP contribution in [-0.2, 0) is 10.0 Å². The molecule has 0 saturated heterocycles. The van der Waals surface area contributed by atoms with E-state index >= 15 is 0 Å². The van der Waals surface area contributed by atoms with E-state index in [-0.39, 0.29) is 4.90 Å². The van der Waals surface area contributed by atoms with Crippen LogP contribution in [0.1, 0.15) is 0 Å². The van der Waals surface area contributed by atoms with Gasteiger partial charge in [0.05, 0.1) is 4.90 Å². The summed E-state index contributed by atoms with van der Waals surface area (Å²) in [4.78, 5) is 7.84. The first-order valence-corrected chi connectivity index (χ1v) is 6.26. The number of aromatic nitrogens is 2. The summed E-state index contributed by atoms with van der Waals surface area (Å²) in [6.07, 6.45) is 3.02. The van der Waals surface area contributed by atoms with Gasteiger partial charge in [0.1, 0.15) is 12.1 Å². The van der Waals surface area contributed by atoms with Crippen LogP contribution in [0.4, 0.5) is 11.5 Å². The van der Waals surface area contributed by atoms with Crippen molar-refractivity contribution in [1.82, 2.24) is 9.97 Å². The molecule has 0 bridgehead atoms. The monoisotopic (exact) mass is 250 g/mol. The Morgan fingerprint density at radius 3 is 2.35 bits per heavy atom. The van der Waals surface area contributed by atoms with Crippen molar-refractivity contribution in [2.24, 2.45) is 5.14 Å². The van der Waals surface area contributed by atoms with Gasteiger partial charge in [0.15, 0.2) is 0 Å². The van der Waals surface area contributed by atoms with Gasteiger partial charge in [0.25, 0.3) is 0 Å². The molecule has 17 heavy (non-hydrogen) atoms. The average Bonchev–Trinajstić information content (AvgIpc) is 2.30. The Bertz CT molecular complexity index is 596. The van der Waals surface area contributed by atoms with Gasteiger partial charge in [-0.05, 0) is 30.3 Å². The highest BCUT2D eigenvalue weighted by Crippen LogP contribution is 2.16. The van der Waals surface area contributed by atoms with Crippen LogP contribution in [0.2, 0.25) is 0 Å². The van der Waals surface area contributed by atoms with Crippen LogP contribution in [0.5, 0.6) is 0 Å². The maximum absolute atomic E-state index is 11.0. The molecule has 0 unspecified atom stereocenters. The predicted octanol–water partition coefficient (Wildman–Crippen LogP) is 0.868. The summed E-state index contributed by atoms with van der Waals surface area (Å²) in [5.74, 6) is 0.628. The van der Waals surface area contributed by atoms with E-state index in [4.69, 9.17) is 5.14 Å². The van der Waals surface area contributed by atoms with Crippen molar-refractivity contribution in [3.05, 3.63) is 42.9 Å². The Balaban J connectivity index is 2.20. The molecule has 1 aromatic heterocycles. The smallest absolute Gasteiger partial charge is 0.238 e. The third-order valence-corrected chi connectivity index (χ3v) is 2.97. The quantitative estimate of drug-likeness (QED) is 0.842. The second-order valence-electron chi connectivity index (χ2n) is 3.29. The molecule has 0 aliphatic carbocycles. The number of nitrogens with zero attached hydrogens (tertiary/aromatic N) is 2.